The SMILES string of the molecule is CN=C(NCCCOCC1CCOC1)NCC(C)CSc1ccccc1OC.I. The lowest BCUT2D eigenvalue weighted by Crippen LogP contribution is -2.40. The Bertz CT molecular complexity index is 586. The Kier molecular flexibility index (Phi) is 14.6. The predicted octanol–water partition coefficient (Wildman–Crippen LogP) is 3.65. The third-order valence-electron chi connectivity index (χ3n) is 4.57. The summed E-state index contributed by atoms with van der Waals surface area (Å²) in [5.74, 6) is 3.89. The van der Waals surface area contributed by atoms with Crippen molar-refractivity contribution in [2.24, 2.45) is 16.8 Å². The molecule has 1 aliphatic heterocycles. The van der Waals surface area contributed by atoms with Gasteiger partial charge in [0.05, 0.1) is 20.3 Å². The third-order valence-corrected chi connectivity index (χ3v) is 5.95. The fraction of sp³-hybridized carbons (Fsp3) is 0.667. The maximum Gasteiger partial charge on any atom is 0.190 e. The van der Waals surface area contributed by atoms with Gasteiger partial charge in [-0.05, 0) is 30.9 Å². The first-order valence-electron chi connectivity index (χ1n) is 10.1. The van der Waals surface area contributed by atoms with E-state index in [1.807, 2.05) is 30.0 Å². The number of halogens is 1. The lowest BCUT2D eigenvalue weighted by molar-refractivity contribution is 0.0888. The minimum atomic E-state index is 0. The van der Waals surface area contributed by atoms with Crippen molar-refractivity contribution in [3.8, 4) is 5.75 Å². The molecule has 6 nitrogen and oxygen atoms in total. The Hall–Kier alpha value is -0.710. The highest BCUT2D eigenvalue weighted by atomic mass is 127. The highest BCUT2D eigenvalue weighted by Gasteiger charge is 2.15. The van der Waals surface area contributed by atoms with Crippen LogP contribution in [0.4, 0.5) is 0 Å². The number of hydrogen-bond acceptors (Lipinski definition) is 5. The first kappa shape index (κ1) is 26.3. The zero-order chi connectivity index (χ0) is 20.0. The quantitative estimate of drug-likeness (QED) is 0.140. The van der Waals surface area contributed by atoms with E-state index in [1.165, 1.54) is 4.90 Å². The van der Waals surface area contributed by atoms with Gasteiger partial charge in [0.1, 0.15) is 5.75 Å². The topological polar surface area (TPSA) is 64.1 Å². The van der Waals surface area contributed by atoms with E-state index in [4.69, 9.17) is 14.2 Å². The van der Waals surface area contributed by atoms with Crippen molar-refractivity contribution >= 4 is 41.7 Å². The summed E-state index contributed by atoms with van der Waals surface area (Å²) in [6.07, 6.45) is 2.09. The van der Waals surface area contributed by atoms with E-state index < -0.39 is 0 Å². The molecule has 2 rings (SSSR count). The number of guanidine groups is 1. The van der Waals surface area contributed by atoms with Crippen LogP contribution in [0.2, 0.25) is 0 Å². The maximum absolute atomic E-state index is 5.73. The molecule has 1 saturated heterocycles. The molecule has 0 amide bonds. The van der Waals surface area contributed by atoms with Gasteiger partial charge in [-0.15, -0.1) is 35.7 Å². The number of methoxy groups -OCH3 is 1. The van der Waals surface area contributed by atoms with E-state index in [-0.39, 0.29) is 24.0 Å². The van der Waals surface area contributed by atoms with Crippen LogP contribution in [0.1, 0.15) is 19.8 Å². The van der Waals surface area contributed by atoms with E-state index in [9.17, 15) is 0 Å². The van der Waals surface area contributed by atoms with Crippen LogP contribution in [0.3, 0.4) is 0 Å². The van der Waals surface area contributed by atoms with Gasteiger partial charge >= 0.3 is 0 Å². The van der Waals surface area contributed by atoms with Crippen LogP contribution in [0.15, 0.2) is 34.2 Å². The van der Waals surface area contributed by atoms with Gasteiger partial charge in [0, 0.05) is 49.9 Å². The second kappa shape index (κ2) is 16.0. The number of thioether (sulfide) groups is 1. The molecule has 1 heterocycles. The maximum atomic E-state index is 5.73. The smallest absolute Gasteiger partial charge is 0.190 e. The molecular weight excluding hydrogens is 501 g/mol. The molecule has 2 N–H and O–H groups in total. The summed E-state index contributed by atoms with van der Waals surface area (Å²) in [5, 5.41) is 6.76. The number of rotatable bonds is 12. The van der Waals surface area contributed by atoms with Crippen LogP contribution < -0.4 is 15.4 Å². The van der Waals surface area contributed by atoms with Crippen LogP contribution in [0, 0.1) is 11.8 Å². The van der Waals surface area contributed by atoms with Crippen LogP contribution in [0.25, 0.3) is 0 Å². The molecule has 0 spiro atoms. The number of para-hydroxylation sites is 1. The Balaban J connectivity index is 0.00000420. The van der Waals surface area contributed by atoms with Gasteiger partial charge in [-0.3, -0.25) is 4.99 Å². The monoisotopic (exact) mass is 537 g/mol. The summed E-state index contributed by atoms with van der Waals surface area (Å²) in [7, 11) is 3.52. The van der Waals surface area contributed by atoms with Crippen molar-refractivity contribution in [1.82, 2.24) is 10.6 Å². The van der Waals surface area contributed by atoms with E-state index in [2.05, 4.69) is 28.6 Å². The molecule has 1 aromatic carbocycles. The zero-order valence-electron chi connectivity index (χ0n) is 17.8. The Morgan fingerprint density at radius 1 is 1.34 bits per heavy atom. The van der Waals surface area contributed by atoms with Crippen molar-refractivity contribution in [1.29, 1.82) is 0 Å². The van der Waals surface area contributed by atoms with Crippen LogP contribution in [-0.2, 0) is 9.47 Å². The molecule has 1 aliphatic rings. The summed E-state index contributed by atoms with van der Waals surface area (Å²) in [5.41, 5.74) is 0. The molecule has 0 aliphatic carbocycles. The Morgan fingerprint density at radius 3 is 2.90 bits per heavy atom. The fourth-order valence-corrected chi connectivity index (χ4v) is 3.92. The molecule has 8 heteroatoms. The van der Waals surface area contributed by atoms with Gasteiger partial charge in [0.2, 0.25) is 0 Å². The van der Waals surface area contributed by atoms with Crippen molar-refractivity contribution in [3.63, 3.8) is 0 Å². The van der Waals surface area contributed by atoms with Gasteiger partial charge < -0.3 is 24.8 Å². The average Bonchev–Trinajstić information content (AvgIpc) is 3.24. The lowest BCUT2D eigenvalue weighted by Gasteiger charge is -2.16. The molecule has 1 fully saturated rings. The molecular formula is C21H36IN3O3S. The first-order valence-corrected chi connectivity index (χ1v) is 11.1. The average molecular weight is 538 g/mol. The summed E-state index contributed by atoms with van der Waals surface area (Å²) in [6.45, 7) is 7.28. The van der Waals surface area contributed by atoms with E-state index in [1.54, 1.807) is 14.2 Å². The van der Waals surface area contributed by atoms with Crippen molar-refractivity contribution < 1.29 is 14.2 Å². The van der Waals surface area contributed by atoms with Gasteiger partial charge in [-0.1, -0.05) is 19.1 Å². The standard InChI is InChI=1S/C21H35N3O3S.HI/c1-17(16-28-20-8-5-4-7-19(20)25-3)13-24-21(22-2)23-10-6-11-26-14-18-9-12-27-15-18;/h4-5,7-8,17-18H,6,9-16H2,1-3H3,(H2,22,23,24);1H. The zero-order valence-corrected chi connectivity index (χ0v) is 21.0. The van der Waals surface area contributed by atoms with Gasteiger partial charge in [0.15, 0.2) is 5.96 Å². The Labute approximate surface area is 197 Å². The van der Waals surface area contributed by atoms with Crippen molar-refractivity contribution in [2.45, 2.75) is 24.7 Å². The van der Waals surface area contributed by atoms with Gasteiger partial charge in [-0.25, -0.2) is 0 Å². The van der Waals surface area contributed by atoms with E-state index >= 15 is 0 Å². The molecule has 0 radical (unpaired) electrons. The second-order valence-corrected chi connectivity index (χ2v) is 8.17. The van der Waals surface area contributed by atoms with Crippen molar-refractivity contribution in [2.75, 3.05) is 59.4 Å². The second-order valence-electron chi connectivity index (χ2n) is 7.11. The van der Waals surface area contributed by atoms with Crippen LogP contribution >= 0.6 is 35.7 Å². The molecule has 2 atom stereocenters. The van der Waals surface area contributed by atoms with E-state index in [0.29, 0.717) is 11.8 Å². The summed E-state index contributed by atoms with van der Waals surface area (Å²) in [6, 6.07) is 8.15. The number of nitrogens with one attached hydrogen (secondary N) is 2. The van der Waals surface area contributed by atoms with Gasteiger partial charge in [-0.2, -0.15) is 0 Å². The number of nitrogens with zero attached hydrogens (tertiary/aromatic N) is 1. The molecule has 166 valence electrons. The number of aliphatic imine (C=N–C) groups is 1. The summed E-state index contributed by atoms with van der Waals surface area (Å²) in [4.78, 5) is 5.48. The predicted molar refractivity (Wildman–Crippen MR) is 132 cm³/mol. The normalized spacial score (nSPS) is 17.5. The largest absolute Gasteiger partial charge is 0.496 e. The number of benzene rings is 1. The summed E-state index contributed by atoms with van der Waals surface area (Å²) >= 11 is 1.83. The first-order chi connectivity index (χ1) is 13.7. The highest BCUT2D eigenvalue weighted by Crippen LogP contribution is 2.29. The lowest BCUT2D eigenvalue weighted by atomic mass is 10.1. The molecule has 29 heavy (non-hydrogen) atoms. The minimum absolute atomic E-state index is 0. The number of ether oxygens (including phenoxy) is 3. The van der Waals surface area contributed by atoms with Crippen molar-refractivity contribution in [3.05, 3.63) is 24.3 Å². The summed E-state index contributed by atoms with van der Waals surface area (Å²) < 4.78 is 16.5. The third kappa shape index (κ3) is 10.8. The van der Waals surface area contributed by atoms with Crippen LogP contribution in [0.5, 0.6) is 5.75 Å². The molecule has 1 aromatic rings. The van der Waals surface area contributed by atoms with E-state index in [0.717, 1.165) is 69.8 Å². The molecule has 0 saturated carbocycles. The fourth-order valence-electron chi connectivity index (χ4n) is 2.87. The van der Waals surface area contributed by atoms with Gasteiger partial charge in [0.25, 0.3) is 0 Å². The molecule has 0 bridgehead atoms. The molecule has 2 unspecified atom stereocenters. The minimum Gasteiger partial charge on any atom is -0.496 e. The van der Waals surface area contributed by atoms with Crippen LogP contribution in [-0.4, -0.2) is 65.4 Å². The number of hydrogen-bond donors (Lipinski definition) is 2. The highest BCUT2D eigenvalue weighted by molar-refractivity contribution is 14.0. The Morgan fingerprint density at radius 2 is 2.17 bits per heavy atom. The molecule has 0 aromatic heterocycles.